The molecule has 6 nitrogen and oxygen atoms in total. The van der Waals surface area contributed by atoms with E-state index < -0.39 is 9.84 Å². The molecule has 0 radical (unpaired) electrons. The van der Waals surface area contributed by atoms with Crippen molar-refractivity contribution in [2.24, 2.45) is 5.92 Å². The molecule has 2 aromatic heterocycles. The fourth-order valence-corrected chi connectivity index (χ4v) is 5.56. The number of nitrogens with zero attached hydrogens (tertiary/aromatic N) is 1. The Kier molecular flexibility index (Phi) is 5.97. The van der Waals surface area contributed by atoms with Crippen LogP contribution >= 0.6 is 0 Å². The molecule has 1 fully saturated rings. The quantitative estimate of drug-likeness (QED) is 0.418. The zero-order valence-corrected chi connectivity index (χ0v) is 19.3. The van der Waals surface area contributed by atoms with Crippen LogP contribution < -0.4 is 10.0 Å². The van der Waals surface area contributed by atoms with Crippen molar-refractivity contribution in [3.8, 4) is 11.1 Å². The Labute approximate surface area is 184 Å². The van der Waals surface area contributed by atoms with Crippen molar-refractivity contribution in [1.29, 1.82) is 0 Å². The zero-order valence-electron chi connectivity index (χ0n) is 18.4. The van der Waals surface area contributed by atoms with Crippen molar-refractivity contribution < 1.29 is 13.1 Å². The Morgan fingerprint density at radius 2 is 1.84 bits per heavy atom. The first-order chi connectivity index (χ1) is 14.8. The minimum atomic E-state index is -3.35. The normalized spacial score (nSPS) is 19.6. The summed E-state index contributed by atoms with van der Waals surface area (Å²) < 4.78 is 26.1. The first-order valence-electron chi connectivity index (χ1n) is 11.2. The van der Waals surface area contributed by atoms with Crippen LogP contribution in [0.1, 0.15) is 51.6 Å². The van der Waals surface area contributed by atoms with Gasteiger partial charge in [-0.3, -0.25) is 0 Å². The lowest BCUT2D eigenvalue weighted by molar-refractivity contribution is -0.586. The highest BCUT2D eigenvalue weighted by Crippen LogP contribution is 2.37. The largest absolute Gasteiger partial charge is 0.710 e. The maximum Gasteiger partial charge on any atom is 0.290 e. The number of H-pyrrole nitrogens is 1. The molecule has 7 heteroatoms. The van der Waals surface area contributed by atoms with Gasteiger partial charge in [0.05, 0.1) is 22.2 Å². The maximum absolute atomic E-state index is 12.6. The summed E-state index contributed by atoms with van der Waals surface area (Å²) in [6.45, 7) is 5.68. The number of hydrogen-bond acceptors (Lipinski definition) is 4. The molecule has 31 heavy (non-hydrogen) atoms. The van der Waals surface area contributed by atoms with Gasteiger partial charge in [-0.1, -0.05) is 20.3 Å². The third kappa shape index (κ3) is 4.15. The number of rotatable bonds is 6. The van der Waals surface area contributed by atoms with E-state index in [4.69, 9.17) is 0 Å². The van der Waals surface area contributed by atoms with E-state index in [2.05, 4.69) is 17.2 Å². The Balaban J connectivity index is 1.82. The molecule has 0 unspecified atom stereocenters. The third-order valence-corrected chi connectivity index (χ3v) is 8.43. The summed E-state index contributed by atoms with van der Waals surface area (Å²) in [4.78, 5) is 3.33. The highest BCUT2D eigenvalue weighted by molar-refractivity contribution is 7.91. The van der Waals surface area contributed by atoms with Crippen LogP contribution in [0.25, 0.3) is 22.2 Å². The van der Waals surface area contributed by atoms with Crippen LogP contribution in [-0.2, 0) is 9.84 Å². The smallest absolute Gasteiger partial charge is 0.290 e. The highest BCUT2D eigenvalue weighted by atomic mass is 32.2. The predicted octanol–water partition coefficient (Wildman–Crippen LogP) is 4.95. The minimum absolute atomic E-state index is 0.0498. The molecule has 0 amide bonds. The van der Waals surface area contributed by atoms with Gasteiger partial charge in [0.15, 0.2) is 9.84 Å². The van der Waals surface area contributed by atoms with Crippen molar-refractivity contribution >= 4 is 26.6 Å². The predicted molar refractivity (Wildman–Crippen MR) is 125 cm³/mol. The SMILES string of the molecule is CCS(=O)(=O)c1ccc(N[C@H]2CC[C@H](CC)CC2)c(-c2cc(C)[n+]([O-])c3[nH]ccc23)c1. The first kappa shape index (κ1) is 21.7. The van der Waals surface area contributed by atoms with Crippen LogP contribution in [0.2, 0.25) is 0 Å². The number of nitrogens with one attached hydrogen (secondary N) is 2. The van der Waals surface area contributed by atoms with Gasteiger partial charge < -0.3 is 10.5 Å². The van der Waals surface area contributed by atoms with E-state index in [0.717, 1.165) is 45.7 Å². The van der Waals surface area contributed by atoms with Gasteiger partial charge in [0, 0.05) is 22.9 Å². The van der Waals surface area contributed by atoms with Crippen molar-refractivity contribution in [3.05, 3.63) is 47.4 Å². The van der Waals surface area contributed by atoms with Crippen LogP contribution in [0.3, 0.4) is 0 Å². The van der Waals surface area contributed by atoms with Crippen LogP contribution in [0, 0.1) is 18.0 Å². The molecule has 1 aliphatic carbocycles. The molecule has 2 N–H and O–H groups in total. The zero-order chi connectivity index (χ0) is 22.2. The number of aromatic nitrogens is 2. The van der Waals surface area contributed by atoms with E-state index in [9.17, 15) is 13.6 Å². The van der Waals surface area contributed by atoms with Gasteiger partial charge in [0.2, 0.25) is 0 Å². The molecule has 1 aliphatic rings. The molecule has 1 aromatic carbocycles. The minimum Gasteiger partial charge on any atom is -0.710 e. The summed E-state index contributed by atoms with van der Waals surface area (Å²) in [5.74, 6) is 0.854. The van der Waals surface area contributed by atoms with E-state index in [1.54, 1.807) is 32.2 Å². The summed E-state index contributed by atoms with van der Waals surface area (Å²) in [6.07, 6.45) is 7.63. The molecule has 0 saturated heterocycles. The van der Waals surface area contributed by atoms with Gasteiger partial charge in [-0.2, -0.15) is 0 Å². The lowest BCUT2D eigenvalue weighted by Gasteiger charge is -2.30. The summed E-state index contributed by atoms with van der Waals surface area (Å²) in [6, 6.07) is 9.42. The molecule has 4 rings (SSSR count). The maximum atomic E-state index is 12.6. The monoisotopic (exact) mass is 441 g/mol. The fraction of sp³-hybridized carbons (Fsp3) is 0.458. The van der Waals surface area contributed by atoms with Crippen LogP contribution in [-0.4, -0.2) is 25.2 Å². The summed E-state index contributed by atoms with van der Waals surface area (Å²) in [5, 5.41) is 17.0. The Morgan fingerprint density at radius 3 is 2.52 bits per heavy atom. The van der Waals surface area contributed by atoms with Gasteiger partial charge in [-0.15, -0.1) is 0 Å². The van der Waals surface area contributed by atoms with Gasteiger partial charge in [-0.05, 0) is 68.9 Å². The van der Waals surface area contributed by atoms with Crippen molar-refractivity contribution in [3.63, 3.8) is 0 Å². The number of sulfone groups is 1. The molecule has 1 saturated carbocycles. The van der Waals surface area contributed by atoms with Crippen LogP contribution in [0.5, 0.6) is 0 Å². The number of hydrogen-bond donors (Lipinski definition) is 2. The van der Waals surface area contributed by atoms with Crippen LogP contribution in [0.15, 0.2) is 41.4 Å². The Hall–Kier alpha value is -2.54. The summed E-state index contributed by atoms with van der Waals surface area (Å²) in [7, 11) is -3.35. The number of anilines is 1. The number of pyridine rings is 1. The third-order valence-electron chi connectivity index (χ3n) is 6.70. The molecule has 0 aliphatic heterocycles. The number of benzene rings is 1. The van der Waals surface area contributed by atoms with Crippen molar-refractivity contribution in [2.45, 2.75) is 63.8 Å². The molecule has 0 spiro atoms. The fourth-order valence-electron chi connectivity index (χ4n) is 4.66. The standard InChI is InChI=1S/C24H31N3O3S/c1-4-17-6-8-18(9-7-17)26-23-11-10-19(31(29,30)5-2)15-22(23)21-14-16(3)27(28)24-20(21)12-13-25-24/h10-15,17-18,25-26H,4-9H2,1-3H3/t17-,18-. The molecule has 166 valence electrons. The number of fused-ring (bicyclic) bond motifs is 1. The average molecular weight is 442 g/mol. The molecular formula is C24H31N3O3S. The van der Waals surface area contributed by atoms with Gasteiger partial charge >= 0.3 is 0 Å². The van der Waals surface area contributed by atoms with E-state index in [-0.39, 0.29) is 5.75 Å². The molecule has 0 bridgehead atoms. The topological polar surface area (TPSA) is 88.9 Å². The number of aryl methyl sites for hydroxylation is 1. The Bertz CT molecular complexity index is 1190. The molecule has 2 heterocycles. The highest BCUT2D eigenvalue weighted by Gasteiger charge is 2.23. The average Bonchev–Trinajstić information content (AvgIpc) is 3.27. The second-order valence-corrected chi connectivity index (χ2v) is 10.9. The lowest BCUT2D eigenvalue weighted by Crippen LogP contribution is -2.31. The van der Waals surface area contributed by atoms with Crippen molar-refractivity contribution in [1.82, 2.24) is 4.98 Å². The molecular weight excluding hydrogens is 410 g/mol. The van der Waals surface area contributed by atoms with E-state index >= 15 is 0 Å². The first-order valence-corrected chi connectivity index (χ1v) is 12.8. The van der Waals surface area contributed by atoms with Crippen molar-refractivity contribution in [2.75, 3.05) is 11.1 Å². The molecule has 0 atom stereocenters. The van der Waals surface area contributed by atoms with Gasteiger partial charge in [-0.25, -0.2) is 18.1 Å². The van der Waals surface area contributed by atoms with Gasteiger partial charge in [0.1, 0.15) is 5.69 Å². The molecule has 3 aromatic rings. The number of aromatic amines is 1. The second-order valence-electron chi connectivity index (χ2n) is 8.61. The van der Waals surface area contributed by atoms with E-state index in [1.807, 2.05) is 18.2 Å². The second kappa shape index (κ2) is 8.54. The Morgan fingerprint density at radius 1 is 1.10 bits per heavy atom. The van der Waals surface area contributed by atoms with Crippen LogP contribution in [0.4, 0.5) is 5.69 Å². The summed E-state index contributed by atoms with van der Waals surface area (Å²) in [5.41, 5.74) is 3.64. The van der Waals surface area contributed by atoms with E-state index in [1.165, 1.54) is 19.3 Å². The van der Waals surface area contributed by atoms with Gasteiger partial charge in [0.25, 0.3) is 5.65 Å². The summed E-state index contributed by atoms with van der Waals surface area (Å²) >= 11 is 0. The lowest BCUT2D eigenvalue weighted by atomic mass is 9.84. The van der Waals surface area contributed by atoms with E-state index in [0.29, 0.717) is 22.3 Å².